The minimum atomic E-state index is -0.634. The molecule has 2 rings (SSSR count). The van der Waals surface area contributed by atoms with Gasteiger partial charge in [0.1, 0.15) is 5.82 Å². The number of nitrogens with one attached hydrogen (secondary N) is 1. The number of aliphatic hydroxyl groups excluding tert-OH is 2. The van der Waals surface area contributed by atoms with Crippen molar-refractivity contribution in [3.8, 4) is 0 Å². The molecule has 0 saturated heterocycles. The molecule has 1 unspecified atom stereocenters. The highest BCUT2D eigenvalue weighted by Crippen LogP contribution is 2.16. The molecule has 0 amide bonds. The SMILES string of the molecule is Nc1ccc2nc(CCSCC(O)CO)[nH]c2c1. The molecule has 1 heterocycles. The lowest BCUT2D eigenvalue weighted by Gasteiger charge is -2.05. The second kappa shape index (κ2) is 6.08. The van der Waals surface area contributed by atoms with Crippen LogP contribution in [0.4, 0.5) is 5.69 Å². The van der Waals surface area contributed by atoms with Crippen LogP contribution in [0.15, 0.2) is 18.2 Å². The third-order valence-electron chi connectivity index (χ3n) is 2.56. The van der Waals surface area contributed by atoms with E-state index in [1.807, 2.05) is 18.2 Å². The highest BCUT2D eigenvalue weighted by atomic mass is 32.2. The maximum atomic E-state index is 9.19. The fraction of sp³-hybridized carbons (Fsp3) is 0.417. The van der Waals surface area contributed by atoms with Gasteiger partial charge in [-0.25, -0.2) is 4.98 Å². The number of fused-ring (bicyclic) bond motifs is 1. The van der Waals surface area contributed by atoms with Gasteiger partial charge in [-0.1, -0.05) is 0 Å². The maximum absolute atomic E-state index is 9.19. The Labute approximate surface area is 109 Å². The second-order valence-electron chi connectivity index (χ2n) is 4.12. The summed E-state index contributed by atoms with van der Waals surface area (Å²) in [4.78, 5) is 7.68. The predicted molar refractivity (Wildman–Crippen MR) is 74.6 cm³/mol. The van der Waals surface area contributed by atoms with Crippen molar-refractivity contribution in [1.29, 1.82) is 0 Å². The van der Waals surface area contributed by atoms with E-state index in [-0.39, 0.29) is 6.61 Å². The standard InChI is InChI=1S/C12H17N3O2S/c13-8-1-2-10-11(5-8)15-12(14-10)3-4-18-7-9(17)6-16/h1-2,5,9,16-17H,3-4,6-7,13H2,(H,14,15). The summed E-state index contributed by atoms with van der Waals surface area (Å²) in [6.45, 7) is -0.184. The van der Waals surface area contributed by atoms with Gasteiger partial charge >= 0.3 is 0 Å². The van der Waals surface area contributed by atoms with Crippen LogP contribution in [0.2, 0.25) is 0 Å². The highest BCUT2D eigenvalue weighted by Gasteiger charge is 2.05. The van der Waals surface area contributed by atoms with E-state index in [1.54, 1.807) is 11.8 Å². The van der Waals surface area contributed by atoms with Crippen LogP contribution in [-0.4, -0.2) is 44.4 Å². The normalized spacial score (nSPS) is 13.0. The molecule has 0 spiro atoms. The fourth-order valence-electron chi connectivity index (χ4n) is 1.64. The first kappa shape index (κ1) is 13.2. The van der Waals surface area contributed by atoms with E-state index < -0.39 is 6.10 Å². The number of rotatable bonds is 6. The van der Waals surface area contributed by atoms with Crippen LogP contribution in [0.3, 0.4) is 0 Å². The van der Waals surface area contributed by atoms with Crippen LogP contribution >= 0.6 is 11.8 Å². The molecule has 5 N–H and O–H groups in total. The van der Waals surface area contributed by atoms with Crippen molar-refractivity contribution in [2.24, 2.45) is 0 Å². The number of imidazole rings is 1. The number of aromatic amines is 1. The highest BCUT2D eigenvalue weighted by molar-refractivity contribution is 7.99. The molecule has 0 aliphatic heterocycles. The Morgan fingerprint density at radius 1 is 1.44 bits per heavy atom. The van der Waals surface area contributed by atoms with Crippen LogP contribution in [0.1, 0.15) is 5.82 Å². The number of nitrogens with zero attached hydrogens (tertiary/aromatic N) is 1. The third kappa shape index (κ3) is 3.38. The molecule has 6 heteroatoms. The van der Waals surface area contributed by atoms with E-state index >= 15 is 0 Å². The van der Waals surface area contributed by atoms with E-state index in [4.69, 9.17) is 10.8 Å². The number of nitrogen functional groups attached to an aromatic ring is 1. The first-order valence-electron chi connectivity index (χ1n) is 5.80. The summed E-state index contributed by atoms with van der Waals surface area (Å²) < 4.78 is 0. The molecule has 0 radical (unpaired) electrons. The van der Waals surface area contributed by atoms with Crippen molar-refractivity contribution >= 4 is 28.5 Å². The Morgan fingerprint density at radius 3 is 3.06 bits per heavy atom. The molecule has 0 saturated carbocycles. The van der Waals surface area contributed by atoms with Crippen LogP contribution in [0, 0.1) is 0 Å². The van der Waals surface area contributed by atoms with Crippen LogP contribution in [-0.2, 0) is 6.42 Å². The zero-order chi connectivity index (χ0) is 13.0. The third-order valence-corrected chi connectivity index (χ3v) is 3.67. The quantitative estimate of drug-likeness (QED) is 0.458. The van der Waals surface area contributed by atoms with Gasteiger partial charge < -0.3 is 20.9 Å². The Bertz CT molecular complexity index is 515. The molecule has 0 aliphatic carbocycles. The smallest absolute Gasteiger partial charge is 0.108 e. The number of benzene rings is 1. The van der Waals surface area contributed by atoms with E-state index in [0.29, 0.717) is 5.75 Å². The monoisotopic (exact) mass is 267 g/mol. The molecule has 1 aromatic carbocycles. The Kier molecular flexibility index (Phi) is 4.46. The van der Waals surface area contributed by atoms with Gasteiger partial charge in [-0.15, -0.1) is 0 Å². The number of aromatic nitrogens is 2. The Morgan fingerprint density at radius 2 is 2.28 bits per heavy atom. The van der Waals surface area contributed by atoms with Gasteiger partial charge in [-0.2, -0.15) is 11.8 Å². The van der Waals surface area contributed by atoms with Gasteiger partial charge in [0.15, 0.2) is 0 Å². The minimum Gasteiger partial charge on any atom is -0.399 e. The summed E-state index contributed by atoms with van der Waals surface area (Å²) in [6, 6.07) is 5.60. The molecule has 2 aromatic rings. The van der Waals surface area contributed by atoms with Crippen LogP contribution in [0.25, 0.3) is 11.0 Å². The molecular formula is C12H17N3O2S. The first-order chi connectivity index (χ1) is 8.69. The van der Waals surface area contributed by atoms with Gasteiger partial charge in [0.05, 0.1) is 23.7 Å². The molecule has 18 heavy (non-hydrogen) atoms. The second-order valence-corrected chi connectivity index (χ2v) is 5.27. The van der Waals surface area contributed by atoms with Crippen molar-refractivity contribution in [3.05, 3.63) is 24.0 Å². The lowest BCUT2D eigenvalue weighted by molar-refractivity contribution is 0.113. The zero-order valence-corrected chi connectivity index (χ0v) is 10.8. The predicted octanol–water partition coefficient (Wildman–Crippen LogP) is 0.774. The van der Waals surface area contributed by atoms with Crippen molar-refractivity contribution < 1.29 is 10.2 Å². The topological polar surface area (TPSA) is 95.2 Å². The molecule has 0 fully saturated rings. The minimum absolute atomic E-state index is 0.184. The van der Waals surface area contributed by atoms with E-state index in [9.17, 15) is 5.11 Å². The van der Waals surface area contributed by atoms with Gasteiger partial charge in [0.25, 0.3) is 0 Å². The average molecular weight is 267 g/mol. The van der Waals surface area contributed by atoms with Crippen molar-refractivity contribution in [2.75, 3.05) is 23.8 Å². The van der Waals surface area contributed by atoms with Gasteiger partial charge in [0.2, 0.25) is 0 Å². The summed E-state index contributed by atoms with van der Waals surface area (Å²) in [5.41, 5.74) is 8.29. The lowest BCUT2D eigenvalue weighted by atomic mass is 10.3. The van der Waals surface area contributed by atoms with Crippen LogP contribution in [0.5, 0.6) is 0 Å². The maximum Gasteiger partial charge on any atom is 0.108 e. The molecule has 98 valence electrons. The molecule has 1 aromatic heterocycles. The zero-order valence-electron chi connectivity index (χ0n) is 9.97. The van der Waals surface area contributed by atoms with E-state index in [0.717, 1.165) is 34.7 Å². The Hall–Kier alpha value is -1.24. The number of aliphatic hydroxyl groups is 2. The fourth-order valence-corrected chi connectivity index (χ4v) is 2.52. The number of hydrogen-bond acceptors (Lipinski definition) is 5. The summed E-state index contributed by atoms with van der Waals surface area (Å²) in [5, 5.41) is 17.9. The summed E-state index contributed by atoms with van der Waals surface area (Å²) in [6.07, 6.45) is 0.169. The number of hydrogen-bond donors (Lipinski definition) is 4. The molecule has 0 bridgehead atoms. The summed E-state index contributed by atoms with van der Waals surface area (Å²) in [5.74, 6) is 2.32. The van der Waals surface area contributed by atoms with E-state index in [2.05, 4.69) is 9.97 Å². The average Bonchev–Trinajstić information content (AvgIpc) is 2.76. The summed E-state index contributed by atoms with van der Waals surface area (Å²) in [7, 11) is 0. The number of H-pyrrole nitrogens is 1. The number of thioether (sulfide) groups is 1. The molecule has 1 atom stereocenters. The largest absolute Gasteiger partial charge is 0.399 e. The van der Waals surface area contributed by atoms with Crippen LogP contribution < -0.4 is 5.73 Å². The van der Waals surface area contributed by atoms with Crippen molar-refractivity contribution in [1.82, 2.24) is 9.97 Å². The number of aryl methyl sites for hydroxylation is 1. The lowest BCUT2D eigenvalue weighted by Crippen LogP contribution is -2.15. The molecular weight excluding hydrogens is 250 g/mol. The number of nitrogens with two attached hydrogens (primary N) is 1. The van der Waals surface area contributed by atoms with Gasteiger partial charge in [-0.05, 0) is 18.2 Å². The number of anilines is 1. The van der Waals surface area contributed by atoms with E-state index in [1.165, 1.54) is 0 Å². The summed E-state index contributed by atoms with van der Waals surface area (Å²) >= 11 is 1.60. The van der Waals surface area contributed by atoms with Gasteiger partial charge in [0, 0.05) is 23.6 Å². The molecule has 0 aliphatic rings. The first-order valence-corrected chi connectivity index (χ1v) is 6.95. The Balaban J connectivity index is 1.88. The van der Waals surface area contributed by atoms with Gasteiger partial charge in [-0.3, -0.25) is 0 Å². The van der Waals surface area contributed by atoms with Crippen molar-refractivity contribution in [2.45, 2.75) is 12.5 Å². The molecule has 5 nitrogen and oxygen atoms in total. The van der Waals surface area contributed by atoms with Crippen molar-refractivity contribution in [3.63, 3.8) is 0 Å².